The first kappa shape index (κ1) is 13.9. The minimum atomic E-state index is -0.759. The summed E-state index contributed by atoms with van der Waals surface area (Å²) >= 11 is 0. The van der Waals surface area contributed by atoms with Crippen molar-refractivity contribution in [1.82, 2.24) is 4.90 Å². The van der Waals surface area contributed by atoms with Crippen molar-refractivity contribution in [1.29, 1.82) is 0 Å². The van der Waals surface area contributed by atoms with Gasteiger partial charge in [0.2, 0.25) is 0 Å². The summed E-state index contributed by atoms with van der Waals surface area (Å²) in [5, 5.41) is 20.1. The number of hydrogen-bond donors (Lipinski definition) is 2. The van der Waals surface area contributed by atoms with Gasteiger partial charge < -0.3 is 15.1 Å². The van der Waals surface area contributed by atoms with Gasteiger partial charge in [0.25, 0.3) is 5.91 Å². The van der Waals surface area contributed by atoms with E-state index < -0.39 is 5.60 Å². The first-order valence-electron chi connectivity index (χ1n) is 6.69. The van der Waals surface area contributed by atoms with Crippen molar-refractivity contribution in [3.8, 4) is 5.75 Å². The molecule has 1 aromatic rings. The zero-order valence-corrected chi connectivity index (χ0v) is 11.5. The smallest absolute Gasteiger partial charge is 0.257 e. The molecule has 1 amide bonds. The molecule has 4 heteroatoms. The topological polar surface area (TPSA) is 60.8 Å². The lowest BCUT2D eigenvalue weighted by molar-refractivity contribution is 0.0155. The summed E-state index contributed by atoms with van der Waals surface area (Å²) in [6, 6.07) is 5.00. The molecule has 0 saturated heterocycles. The fraction of sp³-hybridized carbons (Fsp3) is 0.533. The summed E-state index contributed by atoms with van der Waals surface area (Å²) in [5.41, 5.74) is 0.436. The van der Waals surface area contributed by atoms with Gasteiger partial charge in [0.05, 0.1) is 11.2 Å². The van der Waals surface area contributed by atoms with Crippen LogP contribution in [0.25, 0.3) is 0 Å². The van der Waals surface area contributed by atoms with E-state index in [1.807, 2.05) is 6.92 Å². The molecule has 104 valence electrons. The molecular formula is C15H21NO3. The maximum absolute atomic E-state index is 12.3. The molecule has 1 saturated carbocycles. The fourth-order valence-electron chi connectivity index (χ4n) is 2.73. The van der Waals surface area contributed by atoms with Crippen LogP contribution < -0.4 is 0 Å². The van der Waals surface area contributed by atoms with Crippen LogP contribution in [0.2, 0.25) is 0 Å². The van der Waals surface area contributed by atoms with E-state index >= 15 is 0 Å². The average molecular weight is 263 g/mol. The quantitative estimate of drug-likeness (QED) is 0.877. The number of rotatable bonds is 3. The van der Waals surface area contributed by atoms with Crippen molar-refractivity contribution in [2.24, 2.45) is 0 Å². The Labute approximate surface area is 113 Å². The van der Waals surface area contributed by atoms with Gasteiger partial charge in [-0.15, -0.1) is 0 Å². The number of carbonyl (C=O) groups excluding carboxylic acids is 1. The van der Waals surface area contributed by atoms with Crippen LogP contribution in [-0.4, -0.2) is 40.2 Å². The van der Waals surface area contributed by atoms with Gasteiger partial charge in [0.1, 0.15) is 5.75 Å². The number of likely N-dealkylation sites (N-methyl/N-ethyl adjacent to an activating group) is 1. The summed E-state index contributed by atoms with van der Waals surface area (Å²) in [5.74, 6) is -0.256. The second-order valence-corrected chi connectivity index (χ2v) is 5.61. The third kappa shape index (κ3) is 3.07. The summed E-state index contributed by atoms with van der Waals surface area (Å²) in [4.78, 5) is 13.8. The maximum atomic E-state index is 12.3. The molecule has 4 nitrogen and oxygen atoms in total. The minimum absolute atomic E-state index is 0.00439. The number of nitrogens with zero attached hydrogens (tertiary/aromatic N) is 1. The van der Waals surface area contributed by atoms with Gasteiger partial charge in [0.15, 0.2) is 0 Å². The molecule has 1 aliphatic carbocycles. The standard InChI is InChI=1S/C15H21NO3/c1-11-5-6-12(13(17)9-11)14(18)16(2)10-15(19)7-3-4-8-15/h5-6,9,17,19H,3-4,7-8,10H2,1-2H3. The third-order valence-corrected chi connectivity index (χ3v) is 3.80. The van der Waals surface area contributed by atoms with Gasteiger partial charge in [0, 0.05) is 13.6 Å². The minimum Gasteiger partial charge on any atom is -0.507 e. The molecular weight excluding hydrogens is 242 g/mol. The van der Waals surface area contributed by atoms with E-state index in [2.05, 4.69) is 0 Å². The van der Waals surface area contributed by atoms with Crippen LogP contribution in [0.15, 0.2) is 18.2 Å². The summed E-state index contributed by atoms with van der Waals surface area (Å²) in [7, 11) is 1.66. The molecule has 0 unspecified atom stereocenters. The molecule has 0 radical (unpaired) electrons. The van der Waals surface area contributed by atoms with E-state index in [1.54, 1.807) is 25.2 Å². The van der Waals surface area contributed by atoms with E-state index in [0.717, 1.165) is 31.2 Å². The van der Waals surface area contributed by atoms with Crippen LogP contribution in [0, 0.1) is 6.92 Å². The number of amides is 1. The van der Waals surface area contributed by atoms with Crippen molar-refractivity contribution in [2.75, 3.05) is 13.6 Å². The molecule has 0 atom stereocenters. The molecule has 19 heavy (non-hydrogen) atoms. The van der Waals surface area contributed by atoms with Crippen molar-refractivity contribution in [3.63, 3.8) is 0 Å². The molecule has 0 spiro atoms. The Bertz CT molecular complexity index is 478. The van der Waals surface area contributed by atoms with E-state index in [0.29, 0.717) is 6.54 Å². The summed E-state index contributed by atoms with van der Waals surface area (Å²) in [6.45, 7) is 2.18. The third-order valence-electron chi connectivity index (χ3n) is 3.80. The van der Waals surface area contributed by atoms with Gasteiger partial charge in [-0.3, -0.25) is 4.79 Å². The molecule has 0 aliphatic heterocycles. The number of aliphatic hydroxyl groups is 1. The number of aryl methyl sites for hydroxylation is 1. The number of hydrogen-bond acceptors (Lipinski definition) is 3. The van der Waals surface area contributed by atoms with Crippen molar-refractivity contribution in [3.05, 3.63) is 29.3 Å². The van der Waals surface area contributed by atoms with Crippen LogP contribution in [0.5, 0.6) is 5.75 Å². The predicted octanol–water partition coefficient (Wildman–Crippen LogP) is 2.08. The number of aromatic hydroxyl groups is 1. The molecule has 1 fully saturated rings. The highest BCUT2D eigenvalue weighted by atomic mass is 16.3. The lowest BCUT2D eigenvalue weighted by Crippen LogP contribution is -2.42. The number of phenols is 1. The van der Waals surface area contributed by atoms with Crippen LogP contribution in [0.4, 0.5) is 0 Å². The van der Waals surface area contributed by atoms with Crippen LogP contribution in [0.3, 0.4) is 0 Å². The molecule has 0 heterocycles. The molecule has 1 aromatic carbocycles. The molecule has 1 aliphatic rings. The SMILES string of the molecule is Cc1ccc(C(=O)N(C)CC2(O)CCCC2)c(O)c1. The highest BCUT2D eigenvalue weighted by Gasteiger charge is 2.33. The maximum Gasteiger partial charge on any atom is 0.257 e. The van der Waals surface area contributed by atoms with E-state index in [4.69, 9.17) is 0 Å². The second-order valence-electron chi connectivity index (χ2n) is 5.61. The van der Waals surface area contributed by atoms with Crippen molar-refractivity contribution in [2.45, 2.75) is 38.2 Å². The number of phenolic OH excluding ortho intramolecular Hbond substituents is 1. The van der Waals surface area contributed by atoms with E-state index in [9.17, 15) is 15.0 Å². The van der Waals surface area contributed by atoms with Crippen LogP contribution in [-0.2, 0) is 0 Å². The Morgan fingerprint density at radius 3 is 2.58 bits per heavy atom. The highest BCUT2D eigenvalue weighted by Crippen LogP contribution is 2.30. The first-order valence-corrected chi connectivity index (χ1v) is 6.69. The molecule has 2 rings (SSSR count). The summed E-state index contributed by atoms with van der Waals surface area (Å²) < 4.78 is 0. The van der Waals surface area contributed by atoms with Crippen LogP contribution >= 0.6 is 0 Å². The first-order chi connectivity index (χ1) is 8.91. The van der Waals surface area contributed by atoms with Crippen LogP contribution in [0.1, 0.15) is 41.6 Å². The second kappa shape index (κ2) is 5.21. The fourth-order valence-corrected chi connectivity index (χ4v) is 2.73. The van der Waals surface area contributed by atoms with E-state index in [-0.39, 0.29) is 17.2 Å². The summed E-state index contributed by atoms with van der Waals surface area (Å²) in [6.07, 6.45) is 3.50. The van der Waals surface area contributed by atoms with Gasteiger partial charge in [-0.2, -0.15) is 0 Å². The Kier molecular flexibility index (Phi) is 3.80. The Morgan fingerprint density at radius 1 is 1.37 bits per heavy atom. The monoisotopic (exact) mass is 263 g/mol. The Balaban J connectivity index is 2.10. The Morgan fingerprint density at radius 2 is 2.00 bits per heavy atom. The lowest BCUT2D eigenvalue weighted by atomic mass is 10.0. The predicted molar refractivity (Wildman–Crippen MR) is 73.2 cm³/mol. The normalized spacial score (nSPS) is 17.4. The van der Waals surface area contributed by atoms with Gasteiger partial charge in [-0.05, 0) is 37.5 Å². The van der Waals surface area contributed by atoms with E-state index in [1.165, 1.54) is 4.90 Å². The number of benzene rings is 1. The molecule has 2 N–H and O–H groups in total. The zero-order chi connectivity index (χ0) is 14.0. The van der Waals surface area contributed by atoms with Crippen molar-refractivity contribution >= 4 is 5.91 Å². The highest BCUT2D eigenvalue weighted by molar-refractivity contribution is 5.96. The van der Waals surface area contributed by atoms with Crippen molar-refractivity contribution < 1.29 is 15.0 Å². The Hall–Kier alpha value is -1.55. The average Bonchev–Trinajstić information content (AvgIpc) is 2.75. The van der Waals surface area contributed by atoms with Gasteiger partial charge in [-0.25, -0.2) is 0 Å². The molecule has 0 aromatic heterocycles. The zero-order valence-electron chi connectivity index (χ0n) is 11.5. The lowest BCUT2D eigenvalue weighted by Gasteiger charge is -2.28. The molecule has 0 bridgehead atoms. The largest absolute Gasteiger partial charge is 0.507 e. The number of carbonyl (C=O) groups is 1. The van der Waals surface area contributed by atoms with Gasteiger partial charge in [-0.1, -0.05) is 18.9 Å². The van der Waals surface area contributed by atoms with Gasteiger partial charge >= 0.3 is 0 Å².